The fourth-order valence-electron chi connectivity index (χ4n) is 5.13. The molecule has 1 aliphatic carbocycles. The second-order valence-corrected chi connectivity index (χ2v) is 9.75. The minimum atomic E-state index is -0.676. The number of anilines is 1. The van der Waals surface area contributed by atoms with Gasteiger partial charge in [0, 0.05) is 12.1 Å². The van der Waals surface area contributed by atoms with Crippen molar-refractivity contribution in [3.05, 3.63) is 81.0 Å². The number of nitrogens with zero attached hydrogens (tertiary/aromatic N) is 6. The predicted octanol–water partition coefficient (Wildman–Crippen LogP) is 0.276. The van der Waals surface area contributed by atoms with Crippen molar-refractivity contribution in [2.45, 2.75) is 25.4 Å². The number of carbonyl (C=O) groups is 3. The maximum absolute atomic E-state index is 13.3. The minimum Gasteiger partial charge on any atom is -0.482 e. The normalized spacial score (nSPS) is 15.4. The lowest BCUT2D eigenvalue weighted by atomic mass is 10.0. The Morgan fingerprint density at radius 2 is 1.98 bits per heavy atom. The molecule has 16 nitrogen and oxygen atoms in total. The third kappa shape index (κ3) is 4.49. The van der Waals surface area contributed by atoms with Crippen LogP contribution in [0.2, 0.25) is 0 Å². The quantitative estimate of drug-likeness (QED) is 0.189. The highest BCUT2D eigenvalue weighted by atomic mass is 16.5. The van der Waals surface area contributed by atoms with E-state index in [1.807, 2.05) is 18.2 Å². The predicted molar refractivity (Wildman–Crippen MR) is 143 cm³/mol. The molecule has 16 heteroatoms. The molecule has 0 bridgehead atoms. The maximum atomic E-state index is 13.3. The number of hydrogen-bond acceptors (Lipinski definition) is 10. The van der Waals surface area contributed by atoms with E-state index in [1.54, 1.807) is 18.2 Å². The van der Waals surface area contributed by atoms with E-state index in [9.17, 15) is 19.2 Å². The number of tetrazole rings is 1. The molecule has 0 unspecified atom stereocenters. The number of H-pyrrole nitrogens is 2. The van der Waals surface area contributed by atoms with Crippen LogP contribution in [0.4, 0.5) is 5.69 Å². The Labute approximate surface area is 234 Å². The van der Waals surface area contributed by atoms with Crippen LogP contribution in [0.25, 0.3) is 17.2 Å². The highest BCUT2D eigenvalue weighted by molar-refractivity contribution is 5.98. The number of aryl methyl sites for hydroxylation is 1. The molecule has 0 spiro atoms. The van der Waals surface area contributed by atoms with E-state index in [4.69, 9.17) is 4.74 Å². The average molecular weight is 568 g/mol. The van der Waals surface area contributed by atoms with Crippen LogP contribution in [0.15, 0.2) is 47.3 Å². The summed E-state index contributed by atoms with van der Waals surface area (Å²) in [5.41, 5.74) is 3.13. The summed E-state index contributed by atoms with van der Waals surface area (Å²) in [6.07, 6.45) is 1.40. The van der Waals surface area contributed by atoms with Crippen LogP contribution in [-0.2, 0) is 17.8 Å². The molecule has 42 heavy (non-hydrogen) atoms. The van der Waals surface area contributed by atoms with Crippen LogP contribution >= 0.6 is 0 Å². The van der Waals surface area contributed by atoms with Gasteiger partial charge in [-0.25, -0.2) is 19.3 Å². The number of carbonyl (C=O) groups excluding carboxylic acids is 3. The molecule has 2 aromatic carbocycles. The maximum Gasteiger partial charge on any atom is 0.349 e. The van der Waals surface area contributed by atoms with Crippen LogP contribution in [0.5, 0.6) is 5.75 Å². The number of aromatic nitrogens is 8. The highest BCUT2D eigenvalue weighted by Crippen LogP contribution is 2.33. The van der Waals surface area contributed by atoms with Crippen molar-refractivity contribution in [2.75, 3.05) is 11.9 Å². The minimum absolute atomic E-state index is 0.0633. The molecule has 4 heterocycles. The molecular formula is C26H21N11O5. The van der Waals surface area contributed by atoms with Crippen molar-refractivity contribution in [3.8, 4) is 17.1 Å². The van der Waals surface area contributed by atoms with Gasteiger partial charge in [0.1, 0.15) is 17.1 Å². The Morgan fingerprint density at radius 1 is 1.07 bits per heavy atom. The summed E-state index contributed by atoms with van der Waals surface area (Å²) in [7, 11) is 0. The van der Waals surface area contributed by atoms with Gasteiger partial charge in [0.05, 0.1) is 11.7 Å². The first-order valence-electron chi connectivity index (χ1n) is 12.9. The molecule has 0 saturated carbocycles. The Kier molecular flexibility index (Phi) is 5.92. The van der Waals surface area contributed by atoms with Gasteiger partial charge in [0.15, 0.2) is 6.61 Å². The van der Waals surface area contributed by atoms with E-state index in [1.165, 1.54) is 6.07 Å². The first kappa shape index (κ1) is 25.1. The third-order valence-corrected chi connectivity index (χ3v) is 7.11. The fourth-order valence-corrected chi connectivity index (χ4v) is 5.13. The van der Waals surface area contributed by atoms with E-state index in [2.05, 4.69) is 51.8 Å². The molecule has 210 valence electrons. The van der Waals surface area contributed by atoms with Gasteiger partial charge in [-0.1, -0.05) is 18.2 Å². The molecule has 0 radical (unpaired) electrons. The van der Waals surface area contributed by atoms with E-state index in [0.29, 0.717) is 29.2 Å². The summed E-state index contributed by atoms with van der Waals surface area (Å²) in [5, 5.41) is 28.6. The molecule has 7 rings (SSSR count). The van der Waals surface area contributed by atoms with E-state index in [0.717, 1.165) is 27.5 Å². The topological polar surface area (TPSA) is 214 Å². The number of benzene rings is 2. The largest absolute Gasteiger partial charge is 0.482 e. The standard InChI is InChI=1S/C26H21N11O5/c38-21-11-42-20-6-1-12(7-17(20)28-21)10-27-24(40)19-9-18(30-25-33-34-26(41)37(19)25)23(39)29-16-5-3-13-8-14(2-4-15(13)16)22-31-35-36-32-22/h1-2,4,6-9,16H,3,5,10-11H2,(H,27,40)(H,28,38)(H,29,39)(H,34,41)(H,31,32,35,36)/t16-/m0/s1. The van der Waals surface area contributed by atoms with Crippen LogP contribution in [0, 0.1) is 0 Å². The van der Waals surface area contributed by atoms with E-state index < -0.39 is 17.5 Å². The number of rotatable bonds is 6. The third-order valence-electron chi connectivity index (χ3n) is 7.11. The molecule has 0 saturated heterocycles. The van der Waals surface area contributed by atoms with Crippen LogP contribution in [-0.4, -0.2) is 64.5 Å². The van der Waals surface area contributed by atoms with Crippen molar-refractivity contribution in [1.82, 2.24) is 50.8 Å². The van der Waals surface area contributed by atoms with Gasteiger partial charge < -0.3 is 20.7 Å². The number of nitrogens with one attached hydrogen (secondary N) is 5. The second kappa shape index (κ2) is 9.92. The Hall–Kier alpha value is -5.93. The molecule has 0 fully saturated rings. The fraction of sp³-hybridized carbons (Fsp3) is 0.192. The molecule has 3 amide bonds. The Morgan fingerprint density at radius 3 is 2.83 bits per heavy atom. The van der Waals surface area contributed by atoms with Gasteiger partial charge >= 0.3 is 5.69 Å². The van der Waals surface area contributed by atoms with Crippen LogP contribution in [0.1, 0.15) is 50.1 Å². The van der Waals surface area contributed by atoms with Gasteiger partial charge in [0.25, 0.3) is 23.5 Å². The van der Waals surface area contributed by atoms with E-state index in [-0.39, 0.29) is 42.3 Å². The SMILES string of the molecule is O=C1COc2ccc(CNC(=O)c3cc(C(=O)N[C@H]4CCc5cc(-c6nn[nH]n6)ccc54)nc4n[nH]c(=O)n34)cc2N1. The summed E-state index contributed by atoms with van der Waals surface area (Å²) in [5.74, 6) is -0.537. The van der Waals surface area contributed by atoms with Crippen molar-refractivity contribution in [3.63, 3.8) is 0 Å². The zero-order valence-electron chi connectivity index (χ0n) is 21.7. The number of fused-ring (bicyclic) bond motifs is 3. The summed E-state index contributed by atoms with van der Waals surface area (Å²) in [4.78, 5) is 54.9. The monoisotopic (exact) mass is 567 g/mol. The van der Waals surface area contributed by atoms with Gasteiger partial charge in [-0.05, 0) is 59.0 Å². The number of aromatic amines is 2. The van der Waals surface area contributed by atoms with Crippen molar-refractivity contribution < 1.29 is 19.1 Å². The van der Waals surface area contributed by atoms with Crippen molar-refractivity contribution in [2.24, 2.45) is 0 Å². The van der Waals surface area contributed by atoms with Gasteiger partial charge in [-0.2, -0.15) is 5.21 Å². The first-order chi connectivity index (χ1) is 20.4. The first-order valence-corrected chi connectivity index (χ1v) is 12.9. The van der Waals surface area contributed by atoms with Gasteiger partial charge in [-0.15, -0.1) is 15.3 Å². The summed E-state index contributed by atoms with van der Waals surface area (Å²) in [6.45, 7) is 0.0107. The van der Waals surface area contributed by atoms with Crippen molar-refractivity contribution in [1.29, 1.82) is 0 Å². The zero-order valence-corrected chi connectivity index (χ0v) is 21.7. The van der Waals surface area contributed by atoms with E-state index >= 15 is 0 Å². The molecule has 5 aromatic rings. The molecular weight excluding hydrogens is 546 g/mol. The second-order valence-electron chi connectivity index (χ2n) is 9.75. The van der Waals surface area contributed by atoms with Crippen LogP contribution < -0.4 is 26.4 Å². The molecule has 2 aliphatic rings. The average Bonchev–Trinajstić information content (AvgIpc) is 3.76. The lowest BCUT2D eigenvalue weighted by Gasteiger charge is -2.18. The van der Waals surface area contributed by atoms with Crippen molar-refractivity contribution >= 4 is 29.2 Å². The molecule has 1 aliphatic heterocycles. The lowest BCUT2D eigenvalue weighted by Crippen LogP contribution is -2.31. The number of ether oxygens (including phenoxy) is 1. The summed E-state index contributed by atoms with van der Waals surface area (Å²) in [6, 6.07) is 11.8. The van der Waals surface area contributed by atoms with Gasteiger partial charge in [0.2, 0.25) is 5.82 Å². The highest BCUT2D eigenvalue weighted by Gasteiger charge is 2.27. The number of hydrogen-bond donors (Lipinski definition) is 5. The lowest BCUT2D eigenvalue weighted by molar-refractivity contribution is -0.118. The smallest absolute Gasteiger partial charge is 0.349 e. The van der Waals surface area contributed by atoms with Crippen LogP contribution in [0.3, 0.4) is 0 Å². The molecule has 5 N–H and O–H groups in total. The Bertz CT molecular complexity index is 1950. The summed E-state index contributed by atoms with van der Waals surface area (Å²) < 4.78 is 6.36. The summed E-state index contributed by atoms with van der Waals surface area (Å²) >= 11 is 0. The molecule has 3 aromatic heterocycles. The Balaban J connectivity index is 1.11. The van der Waals surface area contributed by atoms with Gasteiger partial charge in [-0.3, -0.25) is 14.4 Å². The number of amides is 3. The molecule has 1 atom stereocenters. The zero-order chi connectivity index (χ0) is 28.8.